The van der Waals surface area contributed by atoms with E-state index in [4.69, 9.17) is 9.47 Å². The summed E-state index contributed by atoms with van der Waals surface area (Å²) < 4.78 is 39.3. The van der Waals surface area contributed by atoms with E-state index in [1.165, 1.54) is 4.88 Å². The van der Waals surface area contributed by atoms with Crippen LogP contribution in [-0.4, -0.2) is 63.6 Å². The summed E-state index contributed by atoms with van der Waals surface area (Å²) in [5, 5.41) is 0. The van der Waals surface area contributed by atoms with Crippen molar-refractivity contribution in [2.75, 3.05) is 46.0 Å². The maximum Gasteiger partial charge on any atom is 0.243 e. The van der Waals surface area contributed by atoms with E-state index in [1.54, 1.807) is 39.9 Å². The van der Waals surface area contributed by atoms with Gasteiger partial charge < -0.3 is 9.47 Å². The lowest BCUT2D eigenvalue weighted by Crippen LogP contribution is -2.48. The lowest BCUT2D eigenvalue weighted by atomic mass is 10.3. The van der Waals surface area contributed by atoms with Crippen LogP contribution in [0.3, 0.4) is 0 Å². The summed E-state index contributed by atoms with van der Waals surface area (Å²) >= 11 is 5.20. The zero-order chi connectivity index (χ0) is 20.0. The lowest BCUT2D eigenvalue weighted by molar-refractivity contribution is 0.110. The molecule has 1 aliphatic heterocycles. The number of hydrogen-bond donors (Lipinski definition) is 0. The summed E-state index contributed by atoms with van der Waals surface area (Å²) in [7, 11) is -3.48. The van der Waals surface area contributed by atoms with Crippen LogP contribution in [0.4, 0.5) is 0 Å². The minimum atomic E-state index is -3.48. The molecule has 2 heterocycles. The van der Waals surface area contributed by atoms with E-state index in [-0.39, 0.29) is 0 Å². The van der Waals surface area contributed by atoms with E-state index >= 15 is 0 Å². The molecule has 0 saturated carbocycles. The van der Waals surface area contributed by atoms with Gasteiger partial charge in [-0.15, -0.1) is 11.3 Å². The van der Waals surface area contributed by atoms with Crippen LogP contribution in [0.15, 0.2) is 45.1 Å². The first-order valence-corrected chi connectivity index (χ1v) is 12.3. The van der Waals surface area contributed by atoms with Crippen LogP contribution in [0.25, 0.3) is 0 Å². The molecule has 3 rings (SSSR count). The van der Waals surface area contributed by atoms with E-state index in [0.717, 1.165) is 23.4 Å². The number of hydrogen-bond acceptors (Lipinski definition) is 6. The molecule has 0 unspecified atom stereocenters. The number of thiophene rings is 1. The molecule has 0 N–H and O–H groups in total. The van der Waals surface area contributed by atoms with Gasteiger partial charge in [-0.1, -0.05) is 0 Å². The Labute approximate surface area is 179 Å². The van der Waals surface area contributed by atoms with Gasteiger partial charge in [0.05, 0.1) is 15.3 Å². The van der Waals surface area contributed by atoms with E-state index in [2.05, 4.69) is 26.9 Å². The third-order valence-corrected chi connectivity index (χ3v) is 8.02. The van der Waals surface area contributed by atoms with Crippen LogP contribution in [0.1, 0.15) is 11.8 Å². The topological polar surface area (TPSA) is 59.1 Å². The SMILES string of the molecule is CCOCCOc1ccc(S(=O)(=O)N2CCN(Cc3ccc(Br)s3)CC2)cc1. The lowest BCUT2D eigenvalue weighted by Gasteiger charge is -2.33. The van der Waals surface area contributed by atoms with Gasteiger partial charge in [0.2, 0.25) is 10.0 Å². The summed E-state index contributed by atoms with van der Waals surface area (Å²) in [5.74, 6) is 0.644. The van der Waals surface area contributed by atoms with E-state index in [0.29, 0.717) is 43.6 Å². The molecular weight excluding hydrogens is 464 g/mol. The number of benzene rings is 1. The Kier molecular flexibility index (Phi) is 7.90. The maximum atomic E-state index is 12.9. The summed E-state index contributed by atoms with van der Waals surface area (Å²) in [4.78, 5) is 3.88. The molecule has 0 spiro atoms. The van der Waals surface area contributed by atoms with Crippen molar-refractivity contribution in [3.63, 3.8) is 0 Å². The number of sulfonamides is 1. The number of halogens is 1. The molecule has 9 heteroatoms. The van der Waals surface area contributed by atoms with Crippen molar-refractivity contribution in [1.29, 1.82) is 0 Å². The fourth-order valence-electron chi connectivity index (χ4n) is 3.00. The third-order valence-electron chi connectivity index (χ3n) is 4.50. The summed E-state index contributed by atoms with van der Waals surface area (Å²) in [6.45, 7) is 6.87. The normalized spacial score (nSPS) is 16.4. The Morgan fingerprint density at radius 3 is 2.36 bits per heavy atom. The van der Waals surface area contributed by atoms with Crippen molar-refractivity contribution in [2.45, 2.75) is 18.4 Å². The monoisotopic (exact) mass is 488 g/mol. The average molecular weight is 489 g/mol. The molecule has 0 bridgehead atoms. The first kappa shape index (κ1) is 21.7. The molecule has 0 amide bonds. The van der Waals surface area contributed by atoms with E-state index in [1.807, 2.05) is 13.0 Å². The summed E-state index contributed by atoms with van der Waals surface area (Å²) in [6, 6.07) is 10.8. The van der Waals surface area contributed by atoms with Gasteiger partial charge in [0.1, 0.15) is 12.4 Å². The second-order valence-corrected chi connectivity index (χ2v) is 10.9. The summed E-state index contributed by atoms with van der Waals surface area (Å²) in [6.07, 6.45) is 0. The number of nitrogens with zero attached hydrogens (tertiary/aromatic N) is 2. The molecule has 1 fully saturated rings. The standard InChI is InChI=1S/C19H25BrN2O4S2/c1-2-25-13-14-26-16-3-6-18(7-4-16)28(23,24)22-11-9-21(10-12-22)15-17-5-8-19(20)27-17/h3-8H,2,9-15H2,1H3. The second-order valence-electron chi connectivity index (χ2n) is 6.40. The zero-order valence-corrected chi connectivity index (χ0v) is 19.1. The largest absolute Gasteiger partial charge is 0.491 e. The zero-order valence-electron chi connectivity index (χ0n) is 15.8. The Balaban J connectivity index is 1.53. The molecule has 1 aromatic carbocycles. The molecule has 0 radical (unpaired) electrons. The van der Waals surface area contributed by atoms with Gasteiger partial charge in [0.25, 0.3) is 0 Å². The van der Waals surface area contributed by atoms with Crippen molar-refractivity contribution in [3.05, 3.63) is 45.1 Å². The van der Waals surface area contributed by atoms with Crippen LogP contribution < -0.4 is 4.74 Å². The highest BCUT2D eigenvalue weighted by Gasteiger charge is 2.28. The van der Waals surface area contributed by atoms with Crippen LogP contribution in [0.2, 0.25) is 0 Å². The van der Waals surface area contributed by atoms with Gasteiger partial charge in [-0.25, -0.2) is 8.42 Å². The van der Waals surface area contributed by atoms with Gasteiger partial charge in [0.15, 0.2) is 0 Å². The van der Waals surface area contributed by atoms with Gasteiger partial charge in [0, 0.05) is 44.2 Å². The summed E-state index contributed by atoms with van der Waals surface area (Å²) in [5.41, 5.74) is 0. The second kappa shape index (κ2) is 10.2. The fraction of sp³-hybridized carbons (Fsp3) is 0.474. The molecule has 1 aromatic heterocycles. The Morgan fingerprint density at radius 2 is 1.75 bits per heavy atom. The quantitative estimate of drug-likeness (QED) is 0.506. The first-order chi connectivity index (χ1) is 13.5. The van der Waals surface area contributed by atoms with Crippen LogP contribution in [0.5, 0.6) is 5.75 Å². The Morgan fingerprint density at radius 1 is 1.04 bits per heavy atom. The first-order valence-electron chi connectivity index (χ1n) is 9.26. The van der Waals surface area contributed by atoms with Crippen molar-refractivity contribution in [3.8, 4) is 5.75 Å². The van der Waals surface area contributed by atoms with E-state index < -0.39 is 10.0 Å². The minimum Gasteiger partial charge on any atom is -0.491 e. The number of ether oxygens (including phenoxy) is 2. The number of piperazine rings is 1. The van der Waals surface area contributed by atoms with Gasteiger partial charge in [-0.2, -0.15) is 4.31 Å². The smallest absolute Gasteiger partial charge is 0.243 e. The predicted molar refractivity (Wildman–Crippen MR) is 114 cm³/mol. The minimum absolute atomic E-state index is 0.306. The third kappa shape index (κ3) is 5.77. The Hall–Kier alpha value is -0.970. The van der Waals surface area contributed by atoms with Crippen LogP contribution in [-0.2, 0) is 21.3 Å². The molecule has 0 atom stereocenters. The molecule has 0 aliphatic carbocycles. The molecule has 6 nitrogen and oxygen atoms in total. The van der Waals surface area contributed by atoms with E-state index in [9.17, 15) is 8.42 Å². The van der Waals surface area contributed by atoms with Crippen molar-refractivity contribution >= 4 is 37.3 Å². The van der Waals surface area contributed by atoms with Gasteiger partial charge in [-0.3, -0.25) is 4.90 Å². The molecule has 1 aliphatic rings. The molecule has 2 aromatic rings. The maximum absolute atomic E-state index is 12.9. The van der Waals surface area contributed by atoms with Crippen molar-refractivity contribution in [2.24, 2.45) is 0 Å². The van der Waals surface area contributed by atoms with Crippen molar-refractivity contribution < 1.29 is 17.9 Å². The van der Waals surface area contributed by atoms with Gasteiger partial charge in [-0.05, 0) is 59.3 Å². The molecule has 154 valence electrons. The van der Waals surface area contributed by atoms with Gasteiger partial charge >= 0.3 is 0 Å². The molecule has 28 heavy (non-hydrogen) atoms. The molecular formula is C19H25BrN2O4S2. The predicted octanol–water partition coefficient (Wildman–Crippen LogP) is 3.43. The fourth-order valence-corrected chi connectivity index (χ4v) is 5.95. The highest BCUT2D eigenvalue weighted by molar-refractivity contribution is 9.11. The van der Waals surface area contributed by atoms with Crippen LogP contribution in [0, 0.1) is 0 Å². The highest BCUT2D eigenvalue weighted by Crippen LogP contribution is 2.25. The highest BCUT2D eigenvalue weighted by atomic mass is 79.9. The number of rotatable bonds is 9. The van der Waals surface area contributed by atoms with Crippen molar-refractivity contribution in [1.82, 2.24) is 9.21 Å². The van der Waals surface area contributed by atoms with Crippen LogP contribution >= 0.6 is 27.3 Å². The average Bonchev–Trinajstić information content (AvgIpc) is 3.11. The Bertz CT molecular complexity index is 847. The molecule has 1 saturated heterocycles.